The van der Waals surface area contributed by atoms with Crippen molar-refractivity contribution in [3.05, 3.63) is 21.9 Å². The van der Waals surface area contributed by atoms with Gasteiger partial charge in [-0.3, -0.25) is 14.5 Å². The molecule has 1 fully saturated rings. The molecule has 0 bridgehead atoms. The van der Waals surface area contributed by atoms with Crippen molar-refractivity contribution in [2.45, 2.75) is 26.2 Å². The summed E-state index contributed by atoms with van der Waals surface area (Å²) >= 11 is 1.55. The number of carbonyl (C=O) groups is 2. The number of unbranched alkanes of at least 4 members (excludes halogenated alkanes) is 1. The first kappa shape index (κ1) is 18.9. The van der Waals surface area contributed by atoms with Gasteiger partial charge in [0, 0.05) is 37.5 Å². The van der Waals surface area contributed by atoms with Gasteiger partial charge in [0.2, 0.25) is 0 Å². The van der Waals surface area contributed by atoms with Crippen LogP contribution in [0, 0.1) is 6.92 Å². The first-order chi connectivity index (χ1) is 10.1. The Balaban J connectivity index is 0.00000242. The van der Waals surface area contributed by atoms with Gasteiger partial charge in [0.25, 0.3) is 5.91 Å². The van der Waals surface area contributed by atoms with Crippen molar-refractivity contribution >= 4 is 35.6 Å². The Morgan fingerprint density at radius 3 is 2.41 bits per heavy atom. The molecule has 1 aromatic heterocycles. The van der Waals surface area contributed by atoms with E-state index in [9.17, 15) is 9.59 Å². The van der Waals surface area contributed by atoms with E-state index >= 15 is 0 Å². The summed E-state index contributed by atoms with van der Waals surface area (Å²) in [6.07, 6.45) is 1.88. The van der Waals surface area contributed by atoms with E-state index in [1.54, 1.807) is 11.3 Å². The minimum absolute atomic E-state index is 0. The second kappa shape index (κ2) is 9.12. The third-order valence-corrected chi connectivity index (χ3v) is 4.71. The molecule has 0 aliphatic carbocycles. The highest BCUT2D eigenvalue weighted by Crippen LogP contribution is 2.18. The van der Waals surface area contributed by atoms with Crippen LogP contribution in [0.1, 0.15) is 33.8 Å². The summed E-state index contributed by atoms with van der Waals surface area (Å²) in [6, 6.07) is 3.89. The van der Waals surface area contributed by atoms with E-state index in [0.717, 1.165) is 55.3 Å². The number of rotatable bonds is 6. The summed E-state index contributed by atoms with van der Waals surface area (Å²) in [7, 11) is 0. The highest BCUT2D eigenvalue weighted by molar-refractivity contribution is 7.13. The van der Waals surface area contributed by atoms with E-state index in [4.69, 9.17) is 5.11 Å². The molecule has 124 valence electrons. The molecule has 7 heteroatoms. The number of aryl methyl sites for hydroxylation is 1. The molecule has 2 rings (SSSR count). The van der Waals surface area contributed by atoms with Crippen LogP contribution < -0.4 is 0 Å². The number of nitrogens with zero attached hydrogens (tertiary/aromatic N) is 2. The monoisotopic (exact) mass is 346 g/mol. The standard InChI is InChI=1S/C15H22N2O3S.ClH/c1-12-5-6-13(21-12)15(20)17-10-8-16(9-11-17)7-3-2-4-14(18)19;/h5-6H,2-4,7-11H2,1H3,(H,18,19);1H. The van der Waals surface area contributed by atoms with Gasteiger partial charge >= 0.3 is 5.97 Å². The average Bonchev–Trinajstić information content (AvgIpc) is 2.90. The number of hydrogen-bond acceptors (Lipinski definition) is 4. The fourth-order valence-electron chi connectivity index (χ4n) is 2.49. The predicted octanol–water partition coefficient (Wildman–Crippen LogP) is 2.49. The molecule has 1 aliphatic heterocycles. The van der Waals surface area contributed by atoms with Gasteiger partial charge in [-0.05, 0) is 38.4 Å². The van der Waals surface area contributed by atoms with Gasteiger partial charge in [-0.25, -0.2) is 0 Å². The number of carbonyl (C=O) groups excluding carboxylic acids is 1. The van der Waals surface area contributed by atoms with Gasteiger partial charge in [0.05, 0.1) is 4.88 Å². The molecule has 1 amide bonds. The number of amides is 1. The van der Waals surface area contributed by atoms with Crippen LogP contribution >= 0.6 is 23.7 Å². The number of halogens is 1. The SMILES string of the molecule is Cc1ccc(C(=O)N2CCN(CCCCC(=O)O)CC2)s1.Cl. The fraction of sp³-hybridized carbons (Fsp3) is 0.600. The number of hydrogen-bond donors (Lipinski definition) is 1. The number of carboxylic acids is 1. The van der Waals surface area contributed by atoms with Crippen molar-refractivity contribution < 1.29 is 14.7 Å². The van der Waals surface area contributed by atoms with Gasteiger partial charge in [0.1, 0.15) is 0 Å². The van der Waals surface area contributed by atoms with Crippen LogP contribution in [0.25, 0.3) is 0 Å². The molecule has 0 radical (unpaired) electrons. The first-order valence-electron chi connectivity index (χ1n) is 7.36. The number of piperazine rings is 1. The summed E-state index contributed by atoms with van der Waals surface area (Å²) in [4.78, 5) is 29.0. The van der Waals surface area contributed by atoms with Gasteiger partial charge < -0.3 is 10.0 Å². The largest absolute Gasteiger partial charge is 0.481 e. The molecule has 22 heavy (non-hydrogen) atoms. The van der Waals surface area contributed by atoms with Crippen LogP contribution in [-0.4, -0.2) is 59.5 Å². The Hall–Kier alpha value is -1.11. The van der Waals surface area contributed by atoms with E-state index < -0.39 is 5.97 Å². The van der Waals surface area contributed by atoms with Crippen LogP contribution in [0.3, 0.4) is 0 Å². The quantitative estimate of drug-likeness (QED) is 0.804. The van der Waals surface area contributed by atoms with E-state index in [1.165, 1.54) is 0 Å². The molecular weight excluding hydrogens is 324 g/mol. The van der Waals surface area contributed by atoms with E-state index in [-0.39, 0.29) is 24.7 Å². The van der Waals surface area contributed by atoms with Crippen LogP contribution in [0.5, 0.6) is 0 Å². The van der Waals surface area contributed by atoms with Gasteiger partial charge in [-0.15, -0.1) is 23.7 Å². The molecule has 1 saturated heterocycles. The number of carboxylic acid groups (broad SMARTS) is 1. The van der Waals surface area contributed by atoms with Crippen molar-refractivity contribution in [2.75, 3.05) is 32.7 Å². The molecule has 1 aliphatic rings. The second-order valence-electron chi connectivity index (χ2n) is 5.39. The minimum Gasteiger partial charge on any atom is -0.481 e. The molecule has 2 heterocycles. The highest BCUT2D eigenvalue weighted by Gasteiger charge is 2.22. The van der Waals surface area contributed by atoms with Gasteiger partial charge in [-0.1, -0.05) is 0 Å². The molecule has 1 aromatic rings. The topological polar surface area (TPSA) is 60.9 Å². The zero-order chi connectivity index (χ0) is 15.2. The van der Waals surface area contributed by atoms with E-state index in [0.29, 0.717) is 0 Å². The summed E-state index contributed by atoms with van der Waals surface area (Å²) in [5.41, 5.74) is 0. The van der Waals surface area contributed by atoms with Crippen LogP contribution in [0.2, 0.25) is 0 Å². The molecule has 0 saturated carbocycles. The summed E-state index contributed by atoms with van der Waals surface area (Å²) in [5, 5.41) is 8.60. The van der Waals surface area contributed by atoms with Crippen LogP contribution in [-0.2, 0) is 4.79 Å². The Bertz CT molecular complexity index is 499. The normalized spacial score (nSPS) is 15.4. The molecule has 1 N–H and O–H groups in total. The molecular formula is C15H23ClN2O3S. The van der Waals surface area contributed by atoms with Gasteiger partial charge in [0.15, 0.2) is 0 Å². The number of aliphatic carboxylic acids is 1. The third-order valence-electron chi connectivity index (χ3n) is 3.73. The lowest BCUT2D eigenvalue weighted by Crippen LogP contribution is -2.48. The minimum atomic E-state index is -0.725. The van der Waals surface area contributed by atoms with E-state index in [2.05, 4.69) is 4.90 Å². The van der Waals surface area contributed by atoms with Crippen molar-refractivity contribution in [2.24, 2.45) is 0 Å². The van der Waals surface area contributed by atoms with Crippen LogP contribution in [0.15, 0.2) is 12.1 Å². The second-order valence-corrected chi connectivity index (χ2v) is 6.68. The maximum absolute atomic E-state index is 12.3. The maximum Gasteiger partial charge on any atom is 0.303 e. The van der Waals surface area contributed by atoms with Crippen molar-refractivity contribution in [3.8, 4) is 0 Å². The smallest absolute Gasteiger partial charge is 0.303 e. The Morgan fingerprint density at radius 2 is 1.86 bits per heavy atom. The zero-order valence-corrected chi connectivity index (χ0v) is 14.4. The third kappa shape index (κ3) is 5.59. The average molecular weight is 347 g/mol. The predicted molar refractivity (Wildman–Crippen MR) is 90.1 cm³/mol. The lowest BCUT2D eigenvalue weighted by atomic mass is 10.2. The molecule has 0 spiro atoms. The van der Waals surface area contributed by atoms with E-state index in [1.807, 2.05) is 24.0 Å². The summed E-state index contributed by atoms with van der Waals surface area (Å²) < 4.78 is 0. The summed E-state index contributed by atoms with van der Waals surface area (Å²) in [6.45, 7) is 6.21. The lowest BCUT2D eigenvalue weighted by Gasteiger charge is -2.34. The highest BCUT2D eigenvalue weighted by atomic mass is 35.5. The lowest BCUT2D eigenvalue weighted by molar-refractivity contribution is -0.137. The fourth-order valence-corrected chi connectivity index (χ4v) is 3.33. The molecule has 0 unspecified atom stereocenters. The maximum atomic E-state index is 12.3. The first-order valence-corrected chi connectivity index (χ1v) is 8.18. The molecule has 0 aromatic carbocycles. The van der Waals surface area contributed by atoms with Crippen molar-refractivity contribution in [1.82, 2.24) is 9.80 Å². The van der Waals surface area contributed by atoms with Crippen molar-refractivity contribution in [1.29, 1.82) is 0 Å². The van der Waals surface area contributed by atoms with Crippen molar-refractivity contribution in [3.63, 3.8) is 0 Å². The summed E-state index contributed by atoms with van der Waals surface area (Å²) in [5.74, 6) is -0.588. The zero-order valence-electron chi connectivity index (χ0n) is 12.8. The number of thiophene rings is 1. The molecule has 0 atom stereocenters. The Labute approximate surface area is 141 Å². The Morgan fingerprint density at radius 1 is 1.18 bits per heavy atom. The molecule has 5 nitrogen and oxygen atoms in total. The Kier molecular flexibility index (Phi) is 7.85. The van der Waals surface area contributed by atoms with Crippen LogP contribution in [0.4, 0.5) is 0 Å². The van der Waals surface area contributed by atoms with Gasteiger partial charge in [-0.2, -0.15) is 0 Å².